The van der Waals surface area contributed by atoms with E-state index in [1.807, 2.05) is 60.7 Å². The highest BCUT2D eigenvalue weighted by atomic mass is 35.5. The van der Waals surface area contributed by atoms with Gasteiger partial charge in [0.05, 0.1) is 11.4 Å². The Hall–Kier alpha value is -3.11. The third-order valence-corrected chi connectivity index (χ3v) is 9.77. The maximum atomic E-state index is 13.3. The molecule has 1 spiro atoms. The number of carbonyl (C=O) groups excluding carboxylic acids is 1. The molecular weight excluding hydrogens is 573 g/mol. The lowest BCUT2D eigenvalue weighted by molar-refractivity contribution is -0.0506. The zero-order chi connectivity index (χ0) is 28.2. The molecule has 5 rings (SSSR count). The number of rotatable bonds is 7. The van der Waals surface area contributed by atoms with E-state index in [-0.39, 0.29) is 35.3 Å². The molecule has 1 saturated heterocycles. The Labute approximate surface area is 244 Å². The summed E-state index contributed by atoms with van der Waals surface area (Å²) in [7, 11) is -3.83. The zero-order valence-electron chi connectivity index (χ0n) is 21.7. The summed E-state index contributed by atoms with van der Waals surface area (Å²) in [5.74, 6) is 0.192. The Morgan fingerprint density at radius 1 is 0.975 bits per heavy atom. The number of sulfonamides is 1. The Morgan fingerprint density at radius 2 is 1.62 bits per heavy atom. The average Bonchev–Trinajstić information content (AvgIpc) is 3.34. The van der Waals surface area contributed by atoms with Crippen molar-refractivity contribution in [1.29, 1.82) is 0 Å². The van der Waals surface area contributed by atoms with Gasteiger partial charge in [0.2, 0.25) is 15.9 Å². The van der Waals surface area contributed by atoms with E-state index in [1.165, 1.54) is 16.4 Å². The molecule has 40 heavy (non-hydrogen) atoms. The molecule has 0 saturated carbocycles. The molecule has 0 aliphatic carbocycles. The molecule has 3 aromatic carbocycles. The molecule has 0 atom stereocenters. The van der Waals surface area contributed by atoms with Gasteiger partial charge in [-0.15, -0.1) is 0 Å². The summed E-state index contributed by atoms with van der Waals surface area (Å²) in [5.41, 5.74) is 1.38. The third kappa shape index (κ3) is 6.61. The van der Waals surface area contributed by atoms with Crippen LogP contribution in [0.4, 0.5) is 4.79 Å². The Bertz CT molecular complexity index is 1480. The zero-order valence-corrected chi connectivity index (χ0v) is 24.0. The summed E-state index contributed by atoms with van der Waals surface area (Å²) in [5, 5.41) is 4.48. The highest BCUT2D eigenvalue weighted by Crippen LogP contribution is 2.37. The van der Waals surface area contributed by atoms with Gasteiger partial charge in [-0.3, -0.25) is 0 Å². The van der Waals surface area contributed by atoms with Crippen molar-refractivity contribution in [1.82, 2.24) is 9.21 Å². The van der Waals surface area contributed by atoms with Crippen LogP contribution in [-0.2, 0) is 32.6 Å². The predicted molar refractivity (Wildman–Crippen MR) is 154 cm³/mol. The van der Waals surface area contributed by atoms with Crippen LogP contribution in [0.15, 0.2) is 88.9 Å². The lowest BCUT2D eigenvalue weighted by Gasteiger charge is -2.36. The van der Waals surface area contributed by atoms with E-state index in [0.717, 1.165) is 11.1 Å². The SMILES string of the molecule is O=C(OC1=NOC2(CCN(S(=O)(=O)c3cc(Cl)ccc3Cl)CC2)C1)N(CCc1ccccc1)Cc1ccccc1. The molecule has 2 aliphatic rings. The van der Waals surface area contributed by atoms with Crippen LogP contribution in [0, 0.1) is 0 Å². The second kappa shape index (κ2) is 12.2. The Morgan fingerprint density at radius 3 is 2.30 bits per heavy atom. The summed E-state index contributed by atoms with van der Waals surface area (Å²) in [6.45, 7) is 1.28. The van der Waals surface area contributed by atoms with E-state index in [9.17, 15) is 13.2 Å². The van der Waals surface area contributed by atoms with Gasteiger partial charge >= 0.3 is 6.09 Å². The van der Waals surface area contributed by atoms with Gasteiger partial charge in [0.15, 0.2) is 0 Å². The van der Waals surface area contributed by atoms with Crippen molar-refractivity contribution in [3.05, 3.63) is 100 Å². The topological polar surface area (TPSA) is 88.5 Å². The molecule has 2 heterocycles. The number of amides is 1. The number of carbonyl (C=O) groups is 1. The molecule has 11 heteroatoms. The van der Waals surface area contributed by atoms with Gasteiger partial charge in [0, 0.05) is 44.0 Å². The normalized spacial score (nSPS) is 16.8. The van der Waals surface area contributed by atoms with E-state index in [2.05, 4.69) is 5.16 Å². The van der Waals surface area contributed by atoms with Crippen LogP contribution in [0.3, 0.4) is 0 Å². The number of oxime groups is 1. The lowest BCUT2D eigenvalue weighted by atomic mass is 9.89. The van der Waals surface area contributed by atoms with Crippen molar-refractivity contribution in [3.8, 4) is 0 Å². The van der Waals surface area contributed by atoms with Gasteiger partial charge < -0.3 is 14.5 Å². The second-order valence-corrected chi connectivity index (χ2v) is 12.7. The molecule has 1 fully saturated rings. The monoisotopic (exact) mass is 601 g/mol. The number of hydrogen-bond donors (Lipinski definition) is 0. The Kier molecular flexibility index (Phi) is 8.65. The molecule has 0 aromatic heterocycles. The highest BCUT2D eigenvalue weighted by molar-refractivity contribution is 7.89. The first-order chi connectivity index (χ1) is 19.2. The minimum atomic E-state index is -3.83. The second-order valence-electron chi connectivity index (χ2n) is 9.93. The maximum Gasteiger partial charge on any atom is 0.416 e. The molecular formula is C29H29Cl2N3O5S. The van der Waals surface area contributed by atoms with Gasteiger partial charge in [0.25, 0.3) is 0 Å². The molecule has 3 aromatic rings. The van der Waals surface area contributed by atoms with Gasteiger partial charge in [-0.25, -0.2) is 13.2 Å². The van der Waals surface area contributed by atoms with Crippen LogP contribution in [0.2, 0.25) is 10.0 Å². The van der Waals surface area contributed by atoms with Crippen LogP contribution in [-0.4, -0.2) is 54.8 Å². The van der Waals surface area contributed by atoms with Crippen molar-refractivity contribution in [2.75, 3.05) is 19.6 Å². The van der Waals surface area contributed by atoms with Gasteiger partial charge in [-0.1, -0.05) is 89.0 Å². The molecule has 0 unspecified atom stereocenters. The number of nitrogens with zero attached hydrogens (tertiary/aromatic N) is 3. The van der Waals surface area contributed by atoms with Crippen LogP contribution >= 0.6 is 23.2 Å². The first kappa shape index (κ1) is 28.4. The van der Waals surface area contributed by atoms with Crippen LogP contribution in [0.25, 0.3) is 0 Å². The number of halogens is 2. The minimum absolute atomic E-state index is 0.0233. The van der Waals surface area contributed by atoms with E-state index in [1.54, 1.807) is 11.0 Å². The average molecular weight is 603 g/mol. The fourth-order valence-corrected chi connectivity index (χ4v) is 7.05. The lowest BCUT2D eigenvalue weighted by Crippen LogP contribution is -2.47. The van der Waals surface area contributed by atoms with E-state index >= 15 is 0 Å². The fraction of sp³-hybridized carbons (Fsp3) is 0.310. The van der Waals surface area contributed by atoms with Crippen molar-refractivity contribution in [2.45, 2.75) is 42.7 Å². The van der Waals surface area contributed by atoms with Crippen LogP contribution in [0.1, 0.15) is 30.4 Å². The van der Waals surface area contributed by atoms with E-state index < -0.39 is 21.7 Å². The number of piperidine rings is 1. The van der Waals surface area contributed by atoms with E-state index in [0.29, 0.717) is 37.4 Å². The smallest absolute Gasteiger partial charge is 0.392 e. The predicted octanol–water partition coefficient (Wildman–Crippen LogP) is 6.13. The Balaban J connectivity index is 1.20. The molecule has 1 amide bonds. The highest BCUT2D eigenvalue weighted by Gasteiger charge is 2.46. The number of benzene rings is 3. The largest absolute Gasteiger partial charge is 0.416 e. The summed E-state index contributed by atoms with van der Waals surface area (Å²) < 4.78 is 33.5. The maximum absolute atomic E-state index is 13.3. The molecule has 0 N–H and O–H groups in total. The first-order valence-electron chi connectivity index (χ1n) is 13.0. The van der Waals surface area contributed by atoms with Crippen LogP contribution < -0.4 is 0 Å². The quantitative estimate of drug-likeness (QED) is 0.325. The van der Waals surface area contributed by atoms with Crippen molar-refractivity contribution in [2.24, 2.45) is 5.16 Å². The minimum Gasteiger partial charge on any atom is -0.392 e. The van der Waals surface area contributed by atoms with Gasteiger partial charge in [-0.05, 0) is 35.7 Å². The van der Waals surface area contributed by atoms with Crippen LogP contribution in [0.5, 0.6) is 0 Å². The number of ether oxygens (including phenoxy) is 1. The molecule has 0 bridgehead atoms. The van der Waals surface area contributed by atoms with Gasteiger partial charge in [-0.2, -0.15) is 4.31 Å². The summed E-state index contributed by atoms with van der Waals surface area (Å²) in [4.78, 5) is 20.6. The standard InChI is InChI=1S/C29H29Cl2N3O5S/c30-24-11-12-25(31)26(19-24)40(36,37)34-17-14-29(15-18-34)20-27(32-39-29)38-28(35)33(21-23-9-5-2-6-10-23)16-13-22-7-3-1-4-8-22/h1-12,19H,13-18,20-21H2. The van der Waals surface area contributed by atoms with Gasteiger partial charge in [0.1, 0.15) is 10.5 Å². The van der Waals surface area contributed by atoms with E-state index in [4.69, 9.17) is 32.8 Å². The summed E-state index contributed by atoms with van der Waals surface area (Å²) in [6, 6.07) is 24.0. The van der Waals surface area contributed by atoms with Crippen molar-refractivity contribution in [3.63, 3.8) is 0 Å². The first-order valence-corrected chi connectivity index (χ1v) is 15.2. The summed E-state index contributed by atoms with van der Waals surface area (Å²) >= 11 is 12.2. The molecule has 0 radical (unpaired) electrons. The van der Waals surface area contributed by atoms with Crippen molar-refractivity contribution >= 4 is 45.2 Å². The number of hydrogen-bond acceptors (Lipinski definition) is 6. The third-order valence-electron chi connectivity index (χ3n) is 7.15. The molecule has 8 nitrogen and oxygen atoms in total. The molecule has 2 aliphatic heterocycles. The fourth-order valence-electron chi connectivity index (χ4n) is 4.87. The summed E-state index contributed by atoms with van der Waals surface area (Å²) in [6.07, 6.45) is 1.22. The van der Waals surface area contributed by atoms with Crippen molar-refractivity contribution < 1.29 is 22.8 Å². The molecule has 210 valence electrons.